The van der Waals surface area contributed by atoms with Gasteiger partial charge in [0.25, 0.3) is 0 Å². The van der Waals surface area contributed by atoms with Crippen molar-refractivity contribution in [1.82, 2.24) is 0 Å². The third kappa shape index (κ3) is 1.73. The van der Waals surface area contributed by atoms with Gasteiger partial charge in [-0.15, -0.1) is 0 Å². The summed E-state index contributed by atoms with van der Waals surface area (Å²) in [7, 11) is 0. The SMILES string of the molecule is Cc1cc(ON)cc(C)c1C1C(=O)C2C3CCC(O3)C2C1O. The van der Waals surface area contributed by atoms with Crippen LogP contribution in [-0.2, 0) is 9.53 Å². The zero-order chi connectivity index (χ0) is 15.6. The predicted molar refractivity (Wildman–Crippen MR) is 79.4 cm³/mol. The summed E-state index contributed by atoms with van der Waals surface area (Å²) < 4.78 is 5.84. The van der Waals surface area contributed by atoms with Gasteiger partial charge in [-0.05, 0) is 55.5 Å². The summed E-state index contributed by atoms with van der Waals surface area (Å²) in [4.78, 5) is 17.7. The quantitative estimate of drug-likeness (QED) is 0.807. The second-order valence-electron chi connectivity index (χ2n) is 6.85. The van der Waals surface area contributed by atoms with Gasteiger partial charge in [-0.1, -0.05) is 0 Å². The number of Topliss-reactive ketones (excluding diaryl/α,β-unsaturated/α-hetero) is 1. The van der Waals surface area contributed by atoms with E-state index in [-0.39, 0.29) is 29.8 Å². The Labute approximate surface area is 129 Å². The van der Waals surface area contributed by atoms with Gasteiger partial charge < -0.3 is 14.7 Å². The molecule has 0 amide bonds. The van der Waals surface area contributed by atoms with Crippen molar-refractivity contribution in [3.05, 3.63) is 28.8 Å². The molecule has 6 unspecified atom stereocenters. The second kappa shape index (κ2) is 4.78. The highest BCUT2D eigenvalue weighted by molar-refractivity contribution is 5.93. The molecule has 5 nitrogen and oxygen atoms in total. The molecule has 3 fully saturated rings. The van der Waals surface area contributed by atoms with Crippen LogP contribution in [0.15, 0.2) is 12.1 Å². The Bertz CT molecular complexity index is 621. The lowest BCUT2D eigenvalue weighted by molar-refractivity contribution is -0.124. The van der Waals surface area contributed by atoms with Gasteiger partial charge in [0, 0.05) is 5.92 Å². The summed E-state index contributed by atoms with van der Waals surface area (Å²) in [6.07, 6.45) is 1.30. The van der Waals surface area contributed by atoms with E-state index in [0.717, 1.165) is 29.5 Å². The van der Waals surface area contributed by atoms with Gasteiger partial charge in [0.05, 0.1) is 30.1 Å². The lowest BCUT2D eigenvalue weighted by atomic mass is 9.81. The highest BCUT2D eigenvalue weighted by Crippen LogP contribution is 2.54. The first-order valence-corrected chi connectivity index (χ1v) is 7.88. The average Bonchev–Trinajstić information content (AvgIpc) is 3.15. The van der Waals surface area contributed by atoms with Gasteiger partial charge >= 0.3 is 0 Å². The summed E-state index contributed by atoms with van der Waals surface area (Å²) in [5, 5.41) is 10.8. The molecule has 4 rings (SSSR count). The van der Waals surface area contributed by atoms with Crippen molar-refractivity contribution in [3.63, 3.8) is 0 Å². The first kappa shape index (κ1) is 14.2. The van der Waals surface area contributed by atoms with E-state index in [9.17, 15) is 9.90 Å². The van der Waals surface area contributed by atoms with Crippen molar-refractivity contribution in [2.75, 3.05) is 0 Å². The maximum absolute atomic E-state index is 13.0. The highest BCUT2D eigenvalue weighted by atomic mass is 16.6. The molecule has 2 aliphatic heterocycles. The number of carbonyl (C=O) groups is 1. The number of ether oxygens (including phenoxy) is 1. The molecule has 6 atom stereocenters. The third-order valence-corrected chi connectivity index (χ3v) is 5.72. The minimum atomic E-state index is -0.658. The smallest absolute Gasteiger partial charge is 0.149 e. The van der Waals surface area contributed by atoms with Crippen LogP contribution in [-0.4, -0.2) is 29.2 Å². The van der Waals surface area contributed by atoms with E-state index in [1.807, 2.05) is 26.0 Å². The van der Waals surface area contributed by atoms with Gasteiger partial charge in [-0.25, -0.2) is 0 Å². The Morgan fingerprint density at radius 1 is 1.23 bits per heavy atom. The molecule has 3 N–H and O–H groups in total. The molecule has 118 valence electrons. The summed E-state index contributed by atoms with van der Waals surface area (Å²) in [6.45, 7) is 3.87. The summed E-state index contributed by atoms with van der Waals surface area (Å²) in [5.41, 5.74) is 2.80. The second-order valence-corrected chi connectivity index (χ2v) is 6.85. The molecule has 5 heteroatoms. The van der Waals surface area contributed by atoms with Crippen molar-refractivity contribution in [2.45, 2.75) is 50.9 Å². The number of fused-ring (bicyclic) bond motifs is 5. The Balaban J connectivity index is 1.76. The molecule has 2 saturated heterocycles. The number of rotatable bonds is 2. The highest BCUT2D eigenvalue weighted by Gasteiger charge is 2.62. The number of ketones is 1. The van der Waals surface area contributed by atoms with E-state index in [1.54, 1.807) is 0 Å². The van der Waals surface area contributed by atoms with Crippen LogP contribution in [0.25, 0.3) is 0 Å². The van der Waals surface area contributed by atoms with E-state index in [4.69, 9.17) is 15.5 Å². The number of aryl methyl sites for hydroxylation is 2. The summed E-state index contributed by atoms with van der Waals surface area (Å²) in [6, 6.07) is 3.64. The summed E-state index contributed by atoms with van der Waals surface area (Å²) >= 11 is 0. The van der Waals surface area contributed by atoms with Crippen LogP contribution in [0, 0.1) is 25.7 Å². The minimum Gasteiger partial charge on any atom is -0.412 e. The van der Waals surface area contributed by atoms with E-state index in [0.29, 0.717) is 5.75 Å². The Morgan fingerprint density at radius 2 is 1.86 bits per heavy atom. The molecular weight excluding hydrogens is 282 g/mol. The van der Waals surface area contributed by atoms with Gasteiger partial charge in [0.1, 0.15) is 11.5 Å². The third-order valence-electron chi connectivity index (χ3n) is 5.72. The maximum Gasteiger partial charge on any atom is 0.149 e. The largest absolute Gasteiger partial charge is 0.412 e. The fraction of sp³-hybridized carbons (Fsp3) is 0.588. The Kier molecular flexibility index (Phi) is 3.08. The zero-order valence-electron chi connectivity index (χ0n) is 12.8. The molecule has 1 aromatic rings. The van der Waals surface area contributed by atoms with E-state index in [2.05, 4.69) is 0 Å². The van der Waals surface area contributed by atoms with Crippen molar-refractivity contribution in [3.8, 4) is 5.75 Å². The predicted octanol–water partition coefficient (Wildman–Crippen LogP) is 1.38. The Morgan fingerprint density at radius 3 is 2.45 bits per heavy atom. The van der Waals surface area contributed by atoms with Gasteiger partial charge in [0.2, 0.25) is 0 Å². The molecule has 2 heterocycles. The summed E-state index contributed by atoms with van der Waals surface area (Å²) in [5.74, 6) is 5.31. The normalized spacial score (nSPS) is 39.4. The average molecular weight is 303 g/mol. The van der Waals surface area contributed by atoms with Crippen LogP contribution in [0.2, 0.25) is 0 Å². The van der Waals surface area contributed by atoms with Crippen LogP contribution in [0.1, 0.15) is 35.4 Å². The topological polar surface area (TPSA) is 81.8 Å². The molecular formula is C17H21NO4. The van der Waals surface area contributed by atoms with Gasteiger partial charge in [0.15, 0.2) is 0 Å². The fourth-order valence-corrected chi connectivity index (χ4v) is 4.93. The van der Waals surface area contributed by atoms with E-state index in [1.165, 1.54) is 0 Å². The molecule has 1 aromatic carbocycles. The van der Waals surface area contributed by atoms with Crippen molar-refractivity contribution in [1.29, 1.82) is 0 Å². The first-order valence-electron chi connectivity index (χ1n) is 7.88. The van der Waals surface area contributed by atoms with Gasteiger partial charge in [-0.3, -0.25) is 4.79 Å². The number of hydrogen-bond acceptors (Lipinski definition) is 5. The molecule has 0 spiro atoms. The van der Waals surface area contributed by atoms with E-state index >= 15 is 0 Å². The van der Waals surface area contributed by atoms with Crippen LogP contribution in [0.3, 0.4) is 0 Å². The number of hydrogen-bond donors (Lipinski definition) is 2. The van der Waals surface area contributed by atoms with Crippen molar-refractivity contribution in [2.24, 2.45) is 17.7 Å². The Hall–Kier alpha value is -1.43. The fourth-order valence-electron chi connectivity index (χ4n) is 4.93. The monoisotopic (exact) mass is 303 g/mol. The molecule has 1 aliphatic carbocycles. The molecule has 1 saturated carbocycles. The van der Waals surface area contributed by atoms with E-state index < -0.39 is 12.0 Å². The van der Waals surface area contributed by atoms with Crippen LogP contribution >= 0.6 is 0 Å². The molecule has 0 radical (unpaired) electrons. The maximum atomic E-state index is 13.0. The molecule has 2 bridgehead atoms. The van der Waals surface area contributed by atoms with Crippen molar-refractivity contribution >= 4 is 5.78 Å². The molecule has 3 aliphatic rings. The zero-order valence-corrected chi connectivity index (χ0v) is 12.8. The van der Waals surface area contributed by atoms with Crippen LogP contribution < -0.4 is 10.7 Å². The molecule has 22 heavy (non-hydrogen) atoms. The first-order chi connectivity index (χ1) is 10.5. The number of aliphatic hydroxyl groups excluding tert-OH is 1. The lowest BCUT2D eigenvalue weighted by Gasteiger charge is -2.24. The van der Waals surface area contributed by atoms with Crippen LogP contribution in [0.5, 0.6) is 5.75 Å². The standard InChI is InChI=1S/C17H21NO4/c1-7-5-9(22-18)6-8(2)12(7)15-16(19)13-10-3-4-11(21-10)14(13)17(15)20/h5-6,10-11,13-16,19H,3-4,18H2,1-2H3. The minimum absolute atomic E-state index is 0.00871. The van der Waals surface area contributed by atoms with Crippen LogP contribution in [0.4, 0.5) is 0 Å². The molecule has 0 aromatic heterocycles. The number of aliphatic hydroxyl groups is 1. The van der Waals surface area contributed by atoms with Gasteiger partial charge in [-0.2, -0.15) is 5.90 Å². The number of benzene rings is 1. The lowest BCUT2D eigenvalue weighted by Crippen LogP contribution is -2.31. The van der Waals surface area contributed by atoms with Crippen molar-refractivity contribution < 1.29 is 19.5 Å². The number of carbonyl (C=O) groups excluding carboxylic acids is 1. The number of nitrogens with two attached hydrogens (primary N) is 1.